The minimum atomic E-state index is -3.20. The zero-order chi connectivity index (χ0) is 31.7. The molecule has 18 heteroatoms. The topological polar surface area (TPSA) is 122 Å². The highest BCUT2D eigenvalue weighted by Crippen LogP contribution is 2.83. The van der Waals surface area contributed by atoms with E-state index in [-0.39, 0.29) is 0 Å². The molecule has 1 aromatic heterocycles. The Morgan fingerprint density at radius 1 is 0.660 bits per heavy atom. The summed E-state index contributed by atoms with van der Waals surface area (Å²) in [5.41, 5.74) is 1.04. The van der Waals surface area contributed by atoms with Gasteiger partial charge in [-0.15, -0.1) is 0 Å². The Hall–Kier alpha value is -1.57. The lowest BCUT2D eigenvalue weighted by molar-refractivity contribution is 0.0546. The molecule has 4 fully saturated rings. The van der Waals surface area contributed by atoms with Gasteiger partial charge in [0.05, 0.1) is 72.8 Å². The summed E-state index contributed by atoms with van der Waals surface area (Å²) in [7, 11) is -7.17. The molecule has 0 saturated carbocycles. The predicted octanol–water partition coefficient (Wildman–Crippen LogP) is 4.86. The molecule has 15 nitrogen and oxygen atoms in total. The number of methoxy groups -OCH3 is 1. The van der Waals surface area contributed by atoms with Gasteiger partial charge < -0.3 is 32.6 Å². The van der Waals surface area contributed by atoms with Gasteiger partial charge in [0.2, 0.25) is 15.0 Å². The first-order chi connectivity index (χ1) is 23.1. The lowest BCUT2D eigenvalue weighted by Crippen LogP contribution is -2.46. The Kier molecular flexibility index (Phi) is 9.70. The van der Waals surface area contributed by atoms with Crippen LogP contribution in [0.4, 0.5) is 0 Å². The summed E-state index contributed by atoms with van der Waals surface area (Å²) in [6.07, 6.45) is 1.73. The Balaban J connectivity index is 1.44. The Labute approximate surface area is 276 Å². The van der Waals surface area contributed by atoms with Crippen LogP contribution in [0.3, 0.4) is 0 Å². The van der Waals surface area contributed by atoms with E-state index >= 15 is 0 Å². The predicted molar refractivity (Wildman–Crippen MR) is 179 cm³/mol. The first-order valence-electron chi connectivity index (χ1n) is 16.5. The van der Waals surface area contributed by atoms with Crippen molar-refractivity contribution < 1.29 is 32.6 Å². The van der Waals surface area contributed by atoms with Crippen LogP contribution in [-0.4, -0.2) is 136 Å². The van der Waals surface area contributed by atoms with Crippen molar-refractivity contribution in [2.75, 3.05) is 112 Å². The zero-order valence-corrected chi connectivity index (χ0v) is 29.7. The summed E-state index contributed by atoms with van der Waals surface area (Å²) in [5, 5.41) is 0. The number of ether oxygens (including phenoxy) is 5. The highest BCUT2D eigenvalue weighted by Gasteiger charge is 2.53. The minimum Gasteiger partial charge on any atom is -0.493 e. The quantitative estimate of drug-likeness (QED) is 0.365. The first-order valence-corrected chi connectivity index (χ1v) is 21.3. The molecule has 0 amide bonds. The molecular formula is C29H45N8O7P3. The average Bonchev–Trinajstić information content (AvgIpc) is 3.66. The molecule has 1 aromatic carbocycles. The fourth-order valence-electron chi connectivity index (χ4n) is 6.92. The molecule has 8 rings (SSSR count). The lowest BCUT2D eigenvalue weighted by atomic mass is 10.2. The molecular weight excluding hydrogens is 665 g/mol. The number of morpholine rings is 4. The molecule has 0 radical (unpaired) electrons. The van der Waals surface area contributed by atoms with Crippen molar-refractivity contribution in [2.24, 2.45) is 13.5 Å². The molecule has 1 spiro atoms. The smallest absolute Gasteiger partial charge is 0.334 e. The summed E-state index contributed by atoms with van der Waals surface area (Å²) < 4.78 is 73.6. The number of benzene rings is 1. The Morgan fingerprint density at radius 3 is 1.68 bits per heavy atom. The molecule has 1 unspecified atom stereocenters. The maximum atomic E-state index is 7.42. The molecule has 6 aliphatic rings. The number of hydrogen-bond acceptors (Lipinski definition) is 15. The van der Waals surface area contributed by atoms with E-state index in [1.54, 1.807) is 13.4 Å². The minimum absolute atomic E-state index is 0.503. The Morgan fingerprint density at radius 2 is 1.19 bits per heavy atom. The van der Waals surface area contributed by atoms with E-state index < -0.39 is 22.6 Å². The second kappa shape index (κ2) is 14.0. The maximum absolute atomic E-state index is 7.42. The molecule has 47 heavy (non-hydrogen) atoms. The molecule has 6 aliphatic heterocycles. The van der Waals surface area contributed by atoms with Crippen LogP contribution in [0.2, 0.25) is 0 Å². The van der Waals surface area contributed by atoms with E-state index in [0.717, 1.165) is 69.4 Å². The van der Waals surface area contributed by atoms with Gasteiger partial charge in [0.1, 0.15) is 5.76 Å². The van der Waals surface area contributed by atoms with Gasteiger partial charge >= 0.3 is 7.58 Å². The second-order valence-electron chi connectivity index (χ2n) is 12.1. The molecule has 0 aliphatic carbocycles. The van der Waals surface area contributed by atoms with Gasteiger partial charge in [0.15, 0.2) is 11.5 Å². The number of rotatable bonds is 7. The van der Waals surface area contributed by atoms with E-state index in [1.807, 2.05) is 24.3 Å². The van der Waals surface area contributed by atoms with Gasteiger partial charge in [-0.25, -0.2) is 23.4 Å². The van der Waals surface area contributed by atoms with Gasteiger partial charge in [0, 0.05) is 64.5 Å². The van der Waals surface area contributed by atoms with Gasteiger partial charge in [-0.1, -0.05) is 12.1 Å². The van der Waals surface area contributed by atoms with E-state index in [1.165, 1.54) is 0 Å². The van der Waals surface area contributed by atoms with Crippen molar-refractivity contribution in [3.05, 3.63) is 47.9 Å². The first kappa shape index (κ1) is 32.6. The third-order valence-corrected chi connectivity index (χ3v) is 21.1. The summed E-state index contributed by atoms with van der Waals surface area (Å²) >= 11 is 0. The molecule has 1 atom stereocenters. The van der Waals surface area contributed by atoms with E-state index in [0.29, 0.717) is 71.7 Å². The highest BCUT2D eigenvalue weighted by atomic mass is 31.3. The standard InChI is InChI=1S/C29H45N8O7P3/c1-38-28-6-2-4-26-24-37(25-27-5-3-15-43-27)47(44-29(26)28)31-45(33-7-16-39-17-8-33,34-9-18-40-19-10-34)30-46(32-47,35-11-20-41-21-12-35)36-13-22-42-23-14-36/h2-6,15H,7-14,16-25H2,1H3. The Bertz CT molecular complexity index is 1490. The van der Waals surface area contributed by atoms with Crippen molar-refractivity contribution in [1.82, 2.24) is 23.4 Å². The van der Waals surface area contributed by atoms with Crippen LogP contribution in [0.15, 0.2) is 54.6 Å². The summed E-state index contributed by atoms with van der Waals surface area (Å²) in [6.45, 7) is 12.1. The van der Waals surface area contributed by atoms with E-state index in [2.05, 4.69) is 29.4 Å². The number of para-hydroxylation sites is 1. The third-order valence-electron chi connectivity index (χ3n) is 9.31. The third kappa shape index (κ3) is 6.11. The largest absolute Gasteiger partial charge is 0.493 e. The van der Waals surface area contributed by atoms with Crippen molar-refractivity contribution >= 4 is 22.6 Å². The van der Waals surface area contributed by atoms with Crippen molar-refractivity contribution in [1.29, 1.82) is 0 Å². The molecule has 0 bridgehead atoms. The molecule has 0 N–H and O–H groups in total. The van der Waals surface area contributed by atoms with Gasteiger partial charge in [-0.3, -0.25) is 0 Å². The average molecular weight is 711 g/mol. The van der Waals surface area contributed by atoms with Gasteiger partial charge in [-0.05, 0) is 18.2 Å². The normalized spacial score (nSPS) is 29.2. The summed E-state index contributed by atoms with van der Waals surface area (Å²) in [5.74, 6) is 2.25. The van der Waals surface area contributed by atoms with Crippen LogP contribution in [0.25, 0.3) is 0 Å². The number of furan rings is 1. The maximum Gasteiger partial charge on any atom is 0.334 e. The van der Waals surface area contributed by atoms with Gasteiger partial charge in [0.25, 0.3) is 0 Å². The second-order valence-corrected chi connectivity index (χ2v) is 20.4. The molecule has 258 valence electrons. The van der Waals surface area contributed by atoms with Crippen LogP contribution in [0, 0.1) is 0 Å². The van der Waals surface area contributed by atoms with Crippen LogP contribution in [-0.2, 0) is 32.0 Å². The summed E-state index contributed by atoms with van der Waals surface area (Å²) in [6, 6.07) is 10.0. The lowest BCUT2D eigenvalue weighted by Gasteiger charge is -2.53. The monoisotopic (exact) mass is 710 g/mol. The number of nitrogens with zero attached hydrogens (tertiary/aromatic N) is 8. The SMILES string of the molecule is COc1cccc2c1OP1(=NP(N3CCOCC3)(N3CCOCC3)=NP(N3CCOCC3)(N3CCOCC3)=N1)N(Cc1ccco1)C2. The van der Waals surface area contributed by atoms with Crippen molar-refractivity contribution in [3.8, 4) is 11.5 Å². The van der Waals surface area contributed by atoms with Crippen molar-refractivity contribution in [2.45, 2.75) is 13.1 Å². The van der Waals surface area contributed by atoms with Crippen molar-refractivity contribution in [3.63, 3.8) is 0 Å². The fourth-order valence-corrected chi connectivity index (χ4v) is 21.7. The summed E-state index contributed by atoms with van der Waals surface area (Å²) in [4.78, 5) is 0. The molecule has 4 saturated heterocycles. The van der Waals surface area contributed by atoms with Crippen LogP contribution in [0.5, 0.6) is 11.5 Å². The van der Waals surface area contributed by atoms with E-state index in [9.17, 15) is 0 Å². The van der Waals surface area contributed by atoms with Crippen LogP contribution < -0.4 is 9.26 Å². The van der Waals surface area contributed by atoms with Crippen LogP contribution >= 0.6 is 22.6 Å². The zero-order valence-electron chi connectivity index (χ0n) is 27.0. The van der Waals surface area contributed by atoms with E-state index in [4.69, 9.17) is 46.2 Å². The fraction of sp³-hybridized carbons (Fsp3) is 0.655. The van der Waals surface area contributed by atoms with Crippen LogP contribution in [0.1, 0.15) is 11.3 Å². The number of hydrogen-bond donors (Lipinski definition) is 0. The highest BCUT2D eigenvalue weighted by molar-refractivity contribution is 7.82. The number of fused-ring (bicyclic) bond motifs is 1. The molecule has 7 heterocycles. The molecule has 2 aromatic rings. The van der Waals surface area contributed by atoms with Gasteiger partial charge in [-0.2, -0.15) is 13.5 Å².